The van der Waals surface area contributed by atoms with Crippen LogP contribution >= 0.6 is 0 Å². The van der Waals surface area contributed by atoms with E-state index < -0.39 is 0 Å². The lowest BCUT2D eigenvalue weighted by atomic mass is 9.68. The summed E-state index contributed by atoms with van der Waals surface area (Å²) in [5.74, 6) is 0. The predicted octanol–water partition coefficient (Wildman–Crippen LogP) is 3.16. The van der Waals surface area contributed by atoms with Crippen LogP contribution in [0.1, 0.15) is 65.7 Å². The molecule has 2 nitrogen and oxygen atoms in total. The smallest absolute Gasteiger partial charge is 0.0335 e. The van der Waals surface area contributed by atoms with E-state index in [1.54, 1.807) is 0 Å². The maximum Gasteiger partial charge on any atom is 0.0335 e. The molecule has 1 saturated heterocycles. The highest BCUT2D eigenvalue weighted by atomic mass is 15.3. The SMILES string of the molecule is CCC1CCCN1C1(CN)CCC(C)(C)CC1. The molecule has 100 valence electrons. The van der Waals surface area contributed by atoms with Gasteiger partial charge in [0.05, 0.1) is 0 Å². The van der Waals surface area contributed by atoms with E-state index in [-0.39, 0.29) is 0 Å². The normalized spacial score (nSPS) is 32.8. The van der Waals surface area contributed by atoms with Crippen LogP contribution in [0.15, 0.2) is 0 Å². The summed E-state index contributed by atoms with van der Waals surface area (Å²) in [6.45, 7) is 9.30. The first kappa shape index (κ1) is 13.4. The monoisotopic (exact) mass is 238 g/mol. The lowest BCUT2D eigenvalue weighted by molar-refractivity contribution is 0.0131. The molecule has 0 bridgehead atoms. The second-order valence-corrected chi connectivity index (χ2v) is 6.99. The minimum absolute atomic E-state index is 0.340. The van der Waals surface area contributed by atoms with E-state index in [1.807, 2.05) is 0 Å². The lowest BCUT2D eigenvalue weighted by Crippen LogP contribution is -2.57. The number of rotatable bonds is 3. The van der Waals surface area contributed by atoms with Crippen molar-refractivity contribution in [2.24, 2.45) is 11.1 Å². The zero-order valence-electron chi connectivity index (χ0n) is 12.0. The van der Waals surface area contributed by atoms with Crippen molar-refractivity contribution in [2.45, 2.75) is 77.3 Å². The number of nitrogens with two attached hydrogens (primary N) is 1. The zero-order chi connectivity index (χ0) is 12.5. The first-order valence-corrected chi connectivity index (χ1v) is 7.50. The Kier molecular flexibility index (Phi) is 3.84. The fourth-order valence-corrected chi connectivity index (χ4v) is 3.89. The Bertz CT molecular complexity index is 250. The average molecular weight is 238 g/mol. The van der Waals surface area contributed by atoms with Crippen LogP contribution in [-0.4, -0.2) is 29.6 Å². The van der Waals surface area contributed by atoms with E-state index >= 15 is 0 Å². The molecule has 1 aliphatic carbocycles. The summed E-state index contributed by atoms with van der Waals surface area (Å²) in [7, 11) is 0. The second kappa shape index (κ2) is 4.89. The summed E-state index contributed by atoms with van der Waals surface area (Å²) in [5.41, 5.74) is 7.06. The van der Waals surface area contributed by atoms with E-state index in [1.165, 1.54) is 51.5 Å². The Morgan fingerprint density at radius 2 is 1.82 bits per heavy atom. The van der Waals surface area contributed by atoms with Crippen molar-refractivity contribution in [3.63, 3.8) is 0 Å². The molecule has 2 aliphatic rings. The molecule has 0 amide bonds. The van der Waals surface area contributed by atoms with Crippen molar-refractivity contribution < 1.29 is 0 Å². The standard InChI is InChI=1S/C15H30N2/c1-4-13-6-5-11-17(13)15(12-16)9-7-14(2,3)8-10-15/h13H,4-12,16H2,1-3H3. The molecule has 1 unspecified atom stereocenters. The highest BCUT2D eigenvalue weighted by molar-refractivity contribution is 5.01. The van der Waals surface area contributed by atoms with Crippen LogP contribution in [0.3, 0.4) is 0 Å². The fourth-order valence-electron chi connectivity index (χ4n) is 3.89. The third-order valence-corrected chi connectivity index (χ3v) is 5.37. The van der Waals surface area contributed by atoms with Gasteiger partial charge in [-0.05, 0) is 56.9 Å². The van der Waals surface area contributed by atoms with Crippen molar-refractivity contribution in [1.82, 2.24) is 4.90 Å². The van der Waals surface area contributed by atoms with Gasteiger partial charge < -0.3 is 5.73 Å². The third-order valence-electron chi connectivity index (χ3n) is 5.37. The minimum Gasteiger partial charge on any atom is -0.329 e. The highest BCUT2D eigenvalue weighted by Gasteiger charge is 2.44. The summed E-state index contributed by atoms with van der Waals surface area (Å²) >= 11 is 0. The van der Waals surface area contributed by atoms with Gasteiger partial charge in [-0.1, -0.05) is 20.8 Å². The summed E-state index contributed by atoms with van der Waals surface area (Å²) < 4.78 is 0. The first-order chi connectivity index (χ1) is 8.03. The van der Waals surface area contributed by atoms with E-state index in [0.717, 1.165) is 12.6 Å². The van der Waals surface area contributed by atoms with Crippen LogP contribution in [-0.2, 0) is 0 Å². The van der Waals surface area contributed by atoms with Gasteiger partial charge in [0.1, 0.15) is 0 Å². The van der Waals surface area contributed by atoms with E-state index in [9.17, 15) is 0 Å². The van der Waals surface area contributed by atoms with E-state index in [4.69, 9.17) is 5.73 Å². The Labute approximate surface area is 107 Å². The van der Waals surface area contributed by atoms with Crippen LogP contribution in [0, 0.1) is 5.41 Å². The van der Waals surface area contributed by atoms with Gasteiger partial charge in [0.15, 0.2) is 0 Å². The zero-order valence-corrected chi connectivity index (χ0v) is 12.0. The van der Waals surface area contributed by atoms with Gasteiger partial charge in [-0.3, -0.25) is 4.90 Å². The highest BCUT2D eigenvalue weighted by Crippen LogP contribution is 2.45. The fraction of sp³-hybridized carbons (Fsp3) is 1.00. The Morgan fingerprint density at radius 1 is 1.18 bits per heavy atom. The van der Waals surface area contributed by atoms with Gasteiger partial charge in [-0.25, -0.2) is 0 Å². The predicted molar refractivity (Wildman–Crippen MR) is 74.1 cm³/mol. The van der Waals surface area contributed by atoms with Crippen molar-refractivity contribution in [3.05, 3.63) is 0 Å². The molecule has 1 atom stereocenters. The number of likely N-dealkylation sites (tertiary alicyclic amines) is 1. The van der Waals surface area contributed by atoms with Gasteiger partial charge in [0.25, 0.3) is 0 Å². The summed E-state index contributed by atoms with van der Waals surface area (Å²) in [6.07, 6.45) is 9.38. The first-order valence-electron chi connectivity index (χ1n) is 7.50. The van der Waals surface area contributed by atoms with Gasteiger partial charge in [0.2, 0.25) is 0 Å². The van der Waals surface area contributed by atoms with Crippen LogP contribution in [0.5, 0.6) is 0 Å². The van der Waals surface area contributed by atoms with Crippen molar-refractivity contribution >= 4 is 0 Å². The van der Waals surface area contributed by atoms with Crippen LogP contribution in [0.4, 0.5) is 0 Å². The molecule has 1 aliphatic heterocycles. The molecule has 0 radical (unpaired) electrons. The van der Waals surface area contributed by atoms with E-state index in [2.05, 4.69) is 25.7 Å². The van der Waals surface area contributed by atoms with Gasteiger partial charge in [-0.2, -0.15) is 0 Å². The molecule has 2 fully saturated rings. The Morgan fingerprint density at radius 3 is 2.35 bits per heavy atom. The second-order valence-electron chi connectivity index (χ2n) is 6.99. The minimum atomic E-state index is 0.340. The molecule has 2 heteroatoms. The third kappa shape index (κ3) is 2.53. The van der Waals surface area contributed by atoms with Gasteiger partial charge >= 0.3 is 0 Å². The van der Waals surface area contributed by atoms with Crippen LogP contribution in [0.2, 0.25) is 0 Å². The maximum atomic E-state index is 6.18. The number of hydrogen-bond donors (Lipinski definition) is 1. The molecule has 2 N–H and O–H groups in total. The van der Waals surface area contributed by atoms with Gasteiger partial charge in [-0.15, -0.1) is 0 Å². The van der Waals surface area contributed by atoms with Crippen molar-refractivity contribution in [3.8, 4) is 0 Å². The van der Waals surface area contributed by atoms with Crippen molar-refractivity contribution in [1.29, 1.82) is 0 Å². The molecule has 17 heavy (non-hydrogen) atoms. The molecule has 1 saturated carbocycles. The maximum absolute atomic E-state index is 6.18. The van der Waals surface area contributed by atoms with E-state index in [0.29, 0.717) is 11.0 Å². The number of nitrogens with zero attached hydrogens (tertiary/aromatic N) is 1. The van der Waals surface area contributed by atoms with Crippen LogP contribution in [0.25, 0.3) is 0 Å². The molecule has 0 aromatic rings. The quantitative estimate of drug-likeness (QED) is 0.818. The molecule has 0 aromatic carbocycles. The van der Waals surface area contributed by atoms with Crippen LogP contribution < -0.4 is 5.73 Å². The summed E-state index contributed by atoms with van der Waals surface area (Å²) in [4.78, 5) is 2.78. The lowest BCUT2D eigenvalue weighted by Gasteiger charge is -2.50. The molecule has 0 spiro atoms. The Balaban J connectivity index is 2.10. The number of hydrogen-bond acceptors (Lipinski definition) is 2. The summed E-state index contributed by atoms with van der Waals surface area (Å²) in [6, 6.07) is 0.805. The van der Waals surface area contributed by atoms with Crippen molar-refractivity contribution in [2.75, 3.05) is 13.1 Å². The largest absolute Gasteiger partial charge is 0.329 e. The molecular formula is C15H30N2. The van der Waals surface area contributed by atoms with Gasteiger partial charge in [0, 0.05) is 18.1 Å². The average Bonchev–Trinajstić information content (AvgIpc) is 2.79. The molecule has 1 heterocycles. The molecule has 0 aromatic heterocycles. The topological polar surface area (TPSA) is 29.3 Å². The molecular weight excluding hydrogens is 208 g/mol. The summed E-state index contributed by atoms with van der Waals surface area (Å²) in [5, 5.41) is 0. The Hall–Kier alpha value is -0.0800. The molecule has 2 rings (SSSR count).